The molecule has 1 aromatic rings. The molecule has 1 unspecified atom stereocenters. The Morgan fingerprint density at radius 2 is 2.29 bits per heavy atom. The first-order valence-corrected chi connectivity index (χ1v) is 6.01. The third-order valence-electron chi connectivity index (χ3n) is 2.22. The Kier molecular flexibility index (Phi) is 5.35. The highest BCUT2D eigenvalue weighted by atomic mass is 16.5. The number of hydrogen-bond acceptors (Lipinski definition) is 3. The summed E-state index contributed by atoms with van der Waals surface area (Å²) in [6.45, 7) is 6.08. The van der Waals surface area contributed by atoms with Gasteiger partial charge in [0.2, 0.25) is 0 Å². The highest BCUT2D eigenvalue weighted by Crippen LogP contribution is 2.23. The molecule has 1 heterocycles. The van der Waals surface area contributed by atoms with Crippen molar-refractivity contribution in [2.75, 3.05) is 5.32 Å². The fraction of sp³-hybridized carbons (Fsp3) is 0.500. The molecule has 0 aliphatic carbocycles. The average molecular weight is 232 g/mol. The molecule has 0 aromatic carbocycles. The molecular weight excluding hydrogens is 212 g/mol. The van der Waals surface area contributed by atoms with Crippen molar-refractivity contribution in [3.63, 3.8) is 0 Å². The summed E-state index contributed by atoms with van der Waals surface area (Å²) in [4.78, 5) is 4.27. The maximum atomic E-state index is 5.68. The minimum Gasteiger partial charge on any atom is -0.487 e. The molecule has 0 fully saturated rings. The SMILES string of the molecule is C#CC(CCC)Nc1ncccc1OC(C)C. The van der Waals surface area contributed by atoms with Crippen LogP contribution < -0.4 is 10.1 Å². The van der Waals surface area contributed by atoms with E-state index >= 15 is 0 Å². The number of terminal acetylenes is 1. The summed E-state index contributed by atoms with van der Waals surface area (Å²) in [7, 11) is 0. The lowest BCUT2D eigenvalue weighted by Crippen LogP contribution is -2.19. The Morgan fingerprint density at radius 3 is 2.88 bits per heavy atom. The summed E-state index contributed by atoms with van der Waals surface area (Å²) in [5.74, 6) is 4.19. The van der Waals surface area contributed by atoms with Crippen molar-refractivity contribution >= 4 is 5.82 Å². The molecule has 3 heteroatoms. The first-order valence-electron chi connectivity index (χ1n) is 6.01. The van der Waals surface area contributed by atoms with Crippen LogP contribution in [0.5, 0.6) is 5.75 Å². The van der Waals surface area contributed by atoms with Gasteiger partial charge in [0.15, 0.2) is 11.6 Å². The second kappa shape index (κ2) is 6.80. The van der Waals surface area contributed by atoms with E-state index < -0.39 is 0 Å². The minimum atomic E-state index is 0.00409. The molecule has 0 bridgehead atoms. The van der Waals surface area contributed by atoms with Gasteiger partial charge in [-0.2, -0.15) is 0 Å². The molecule has 0 aliphatic rings. The van der Waals surface area contributed by atoms with E-state index in [2.05, 4.69) is 23.1 Å². The third kappa shape index (κ3) is 4.36. The Bertz CT molecular complexity index is 382. The zero-order valence-electron chi connectivity index (χ0n) is 10.7. The molecule has 0 saturated heterocycles. The number of anilines is 1. The zero-order chi connectivity index (χ0) is 12.7. The van der Waals surface area contributed by atoms with E-state index in [1.165, 1.54) is 0 Å². The number of rotatable bonds is 6. The second-order valence-corrected chi connectivity index (χ2v) is 4.17. The van der Waals surface area contributed by atoms with E-state index in [0.29, 0.717) is 0 Å². The molecule has 0 amide bonds. The van der Waals surface area contributed by atoms with Crippen molar-refractivity contribution in [1.82, 2.24) is 4.98 Å². The summed E-state index contributed by atoms with van der Waals surface area (Å²) < 4.78 is 5.68. The average Bonchev–Trinajstić information content (AvgIpc) is 2.30. The molecule has 1 rings (SSSR count). The first-order chi connectivity index (χ1) is 8.17. The van der Waals surface area contributed by atoms with Crippen LogP contribution in [0.1, 0.15) is 33.6 Å². The molecular formula is C14H20N2O. The third-order valence-corrected chi connectivity index (χ3v) is 2.22. The van der Waals surface area contributed by atoms with E-state index in [1.54, 1.807) is 6.20 Å². The topological polar surface area (TPSA) is 34.2 Å². The summed E-state index contributed by atoms with van der Waals surface area (Å²) in [5.41, 5.74) is 0. The van der Waals surface area contributed by atoms with E-state index in [4.69, 9.17) is 11.2 Å². The zero-order valence-corrected chi connectivity index (χ0v) is 10.7. The van der Waals surface area contributed by atoms with E-state index in [9.17, 15) is 0 Å². The molecule has 1 aromatic heterocycles. The summed E-state index contributed by atoms with van der Waals surface area (Å²) in [6.07, 6.45) is 9.29. The number of nitrogens with zero attached hydrogens (tertiary/aromatic N) is 1. The lowest BCUT2D eigenvalue weighted by molar-refractivity contribution is 0.243. The fourth-order valence-corrected chi connectivity index (χ4v) is 1.50. The molecule has 1 atom stereocenters. The quantitative estimate of drug-likeness (QED) is 0.765. The summed E-state index contributed by atoms with van der Waals surface area (Å²) >= 11 is 0. The number of ether oxygens (including phenoxy) is 1. The number of nitrogens with one attached hydrogen (secondary N) is 1. The van der Waals surface area contributed by atoms with E-state index in [0.717, 1.165) is 24.4 Å². The Labute approximate surface area is 104 Å². The summed E-state index contributed by atoms with van der Waals surface area (Å²) in [5, 5.41) is 3.23. The van der Waals surface area contributed by atoms with Gasteiger partial charge in [0.25, 0.3) is 0 Å². The number of aromatic nitrogens is 1. The van der Waals surface area contributed by atoms with Crippen LogP contribution in [0.4, 0.5) is 5.82 Å². The normalized spacial score (nSPS) is 11.9. The maximum Gasteiger partial charge on any atom is 0.169 e. The van der Waals surface area contributed by atoms with Crippen LogP contribution in [-0.4, -0.2) is 17.1 Å². The lowest BCUT2D eigenvalue weighted by atomic mass is 10.2. The van der Waals surface area contributed by atoms with Gasteiger partial charge in [0.1, 0.15) is 0 Å². The number of hydrogen-bond donors (Lipinski definition) is 1. The maximum absolute atomic E-state index is 5.68. The van der Waals surface area contributed by atoms with Gasteiger partial charge in [0, 0.05) is 6.20 Å². The first kappa shape index (κ1) is 13.4. The highest BCUT2D eigenvalue weighted by Gasteiger charge is 2.10. The van der Waals surface area contributed by atoms with Gasteiger partial charge < -0.3 is 10.1 Å². The van der Waals surface area contributed by atoms with Crippen LogP contribution in [0.2, 0.25) is 0 Å². The van der Waals surface area contributed by atoms with Crippen molar-refractivity contribution in [2.45, 2.75) is 45.8 Å². The molecule has 92 valence electrons. The standard InChI is InChI=1S/C14H20N2O/c1-5-8-12(6-2)16-14-13(17-11(3)4)9-7-10-15-14/h2,7,9-12H,5,8H2,1,3-4H3,(H,15,16). The molecule has 1 N–H and O–H groups in total. The molecule has 0 spiro atoms. The van der Waals surface area contributed by atoms with Crippen molar-refractivity contribution in [3.05, 3.63) is 18.3 Å². The molecule has 3 nitrogen and oxygen atoms in total. The minimum absolute atomic E-state index is 0.00409. The van der Waals surface area contributed by atoms with Crippen LogP contribution in [0.3, 0.4) is 0 Å². The van der Waals surface area contributed by atoms with Crippen molar-refractivity contribution in [3.8, 4) is 18.1 Å². The number of pyridine rings is 1. The van der Waals surface area contributed by atoms with Crippen LogP contribution in [0.15, 0.2) is 18.3 Å². The fourth-order valence-electron chi connectivity index (χ4n) is 1.50. The monoisotopic (exact) mass is 232 g/mol. The largest absolute Gasteiger partial charge is 0.487 e. The van der Waals surface area contributed by atoms with Crippen molar-refractivity contribution in [1.29, 1.82) is 0 Å². The Balaban J connectivity index is 2.79. The lowest BCUT2D eigenvalue weighted by Gasteiger charge is -2.17. The van der Waals surface area contributed by atoms with Gasteiger partial charge in [-0.25, -0.2) is 4.98 Å². The Morgan fingerprint density at radius 1 is 1.53 bits per heavy atom. The van der Waals surface area contributed by atoms with Gasteiger partial charge >= 0.3 is 0 Å². The summed E-state index contributed by atoms with van der Waals surface area (Å²) in [6, 6.07) is 3.76. The highest BCUT2D eigenvalue weighted by molar-refractivity contribution is 5.51. The van der Waals surface area contributed by atoms with Crippen LogP contribution >= 0.6 is 0 Å². The van der Waals surface area contributed by atoms with Gasteiger partial charge in [-0.3, -0.25) is 0 Å². The molecule has 0 saturated carbocycles. The molecule has 0 aliphatic heterocycles. The predicted octanol–water partition coefficient (Wildman–Crippen LogP) is 3.08. The van der Waals surface area contributed by atoms with Gasteiger partial charge in [-0.1, -0.05) is 19.3 Å². The van der Waals surface area contributed by atoms with Crippen LogP contribution in [0, 0.1) is 12.3 Å². The molecule has 17 heavy (non-hydrogen) atoms. The second-order valence-electron chi connectivity index (χ2n) is 4.17. The van der Waals surface area contributed by atoms with Gasteiger partial charge in [0.05, 0.1) is 12.1 Å². The van der Waals surface area contributed by atoms with Crippen LogP contribution in [0.25, 0.3) is 0 Å². The Hall–Kier alpha value is -1.69. The molecule has 0 radical (unpaired) electrons. The smallest absolute Gasteiger partial charge is 0.169 e. The predicted molar refractivity (Wildman–Crippen MR) is 71.2 cm³/mol. The van der Waals surface area contributed by atoms with Crippen molar-refractivity contribution < 1.29 is 4.74 Å². The van der Waals surface area contributed by atoms with Crippen LogP contribution in [-0.2, 0) is 0 Å². The van der Waals surface area contributed by atoms with Crippen molar-refractivity contribution in [2.24, 2.45) is 0 Å². The van der Waals surface area contributed by atoms with E-state index in [-0.39, 0.29) is 12.1 Å². The van der Waals surface area contributed by atoms with Gasteiger partial charge in [-0.05, 0) is 32.4 Å². The van der Waals surface area contributed by atoms with E-state index in [1.807, 2.05) is 26.0 Å². The van der Waals surface area contributed by atoms with Gasteiger partial charge in [-0.15, -0.1) is 6.42 Å².